The van der Waals surface area contributed by atoms with Gasteiger partial charge >= 0.3 is 6.18 Å². The molecule has 0 aliphatic rings. The summed E-state index contributed by atoms with van der Waals surface area (Å²) in [6.45, 7) is 4.87. The predicted octanol–water partition coefficient (Wildman–Crippen LogP) is 4.71. The molecule has 0 spiro atoms. The average Bonchev–Trinajstić information content (AvgIpc) is 2.42. The molecule has 0 atom stereocenters. The number of phenolic OH excluding ortho intramolecular Hbond substituents is 1. The van der Waals surface area contributed by atoms with Gasteiger partial charge in [-0.05, 0) is 35.6 Å². The highest BCUT2D eigenvalue weighted by molar-refractivity contribution is 5.75. The molecule has 0 radical (unpaired) electrons. The van der Waals surface area contributed by atoms with Gasteiger partial charge in [-0.3, -0.25) is 0 Å². The van der Waals surface area contributed by atoms with Crippen LogP contribution in [-0.4, -0.2) is 10.2 Å². The molecule has 1 aromatic carbocycles. The minimum absolute atomic E-state index is 0.00216. The molecule has 1 rings (SSSR count). The van der Waals surface area contributed by atoms with E-state index in [1.165, 1.54) is 0 Å². The van der Waals surface area contributed by atoms with Crippen molar-refractivity contribution in [3.63, 3.8) is 0 Å². The zero-order chi connectivity index (χ0) is 17.1. The number of hydrogen-bond donors (Lipinski definition) is 3. The first kappa shape index (κ1) is 18.2. The molecule has 0 saturated carbocycles. The highest BCUT2D eigenvalue weighted by atomic mass is 19.4. The van der Waals surface area contributed by atoms with E-state index in [1.807, 2.05) is 20.8 Å². The van der Waals surface area contributed by atoms with Crippen molar-refractivity contribution in [2.45, 2.75) is 40.0 Å². The first-order valence-electron chi connectivity index (χ1n) is 6.82. The van der Waals surface area contributed by atoms with Gasteiger partial charge in [0.2, 0.25) is 0 Å². The standard InChI is InChI=1S/C15H19F3N2O2/c1-4-11(8(2)3)14(20-19)13-9(7-21)5-10(6-12(13)22)15(16,17)18/h5-6,8,19,21-22H,4,7H2,1-3H3/b14-11-,20-19?. The Bertz CT molecular complexity index is 593. The van der Waals surface area contributed by atoms with Crippen molar-refractivity contribution in [3.05, 3.63) is 34.4 Å². The Hall–Kier alpha value is -1.89. The van der Waals surface area contributed by atoms with E-state index in [0.29, 0.717) is 12.5 Å². The van der Waals surface area contributed by atoms with Gasteiger partial charge < -0.3 is 10.2 Å². The number of allylic oxidation sites excluding steroid dienone is 1. The number of aliphatic hydroxyl groups is 1. The number of phenols is 1. The molecule has 7 heteroatoms. The van der Waals surface area contributed by atoms with Crippen LogP contribution in [0.2, 0.25) is 0 Å². The number of nitrogens with zero attached hydrogens (tertiary/aromatic N) is 1. The van der Waals surface area contributed by atoms with Crippen LogP contribution in [0.25, 0.3) is 5.70 Å². The highest BCUT2D eigenvalue weighted by Crippen LogP contribution is 2.40. The molecule has 0 heterocycles. The van der Waals surface area contributed by atoms with Crippen LogP contribution in [0.5, 0.6) is 5.75 Å². The number of hydrogen-bond acceptors (Lipinski definition) is 4. The minimum atomic E-state index is -4.63. The SMILES string of the molecule is CC/C(=C(/N=N)c1c(O)cc(C(F)(F)F)cc1CO)C(C)C. The van der Waals surface area contributed by atoms with Gasteiger partial charge in [-0.15, -0.1) is 0 Å². The molecule has 0 unspecified atom stereocenters. The fourth-order valence-electron chi connectivity index (χ4n) is 2.38. The molecule has 0 fully saturated rings. The molecule has 0 aromatic heterocycles. The zero-order valence-electron chi connectivity index (χ0n) is 12.6. The first-order valence-corrected chi connectivity index (χ1v) is 6.82. The molecule has 3 N–H and O–H groups in total. The summed E-state index contributed by atoms with van der Waals surface area (Å²) in [5, 5.41) is 22.8. The molecule has 0 aliphatic carbocycles. The van der Waals surface area contributed by atoms with Crippen molar-refractivity contribution in [2.75, 3.05) is 0 Å². The molecule has 22 heavy (non-hydrogen) atoms. The Morgan fingerprint density at radius 3 is 2.27 bits per heavy atom. The predicted molar refractivity (Wildman–Crippen MR) is 76.2 cm³/mol. The lowest BCUT2D eigenvalue weighted by atomic mass is 9.91. The van der Waals surface area contributed by atoms with Crippen molar-refractivity contribution in [3.8, 4) is 5.75 Å². The topological polar surface area (TPSA) is 76.7 Å². The van der Waals surface area contributed by atoms with E-state index in [4.69, 9.17) is 5.53 Å². The summed E-state index contributed by atoms with van der Waals surface area (Å²) in [6, 6.07) is 1.36. The lowest BCUT2D eigenvalue weighted by Crippen LogP contribution is -2.08. The van der Waals surface area contributed by atoms with Crippen LogP contribution < -0.4 is 0 Å². The van der Waals surface area contributed by atoms with Gasteiger partial charge in [0.25, 0.3) is 0 Å². The van der Waals surface area contributed by atoms with Crippen molar-refractivity contribution in [1.29, 1.82) is 5.53 Å². The average molecular weight is 316 g/mol. The van der Waals surface area contributed by atoms with Gasteiger partial charge in [0.1, 0.15) is 5.75 Å². The number of halogens is 3. The van der Waals surface area contributed by atoms with Gasteiger partial charge in [-0.1, -0.05) is 20.8 Å². The highest BCUT2D eigenvalue weighted by Gasteiger charge is 2.33. The normalized spacial score (nSPS) is 13.3. The van der Waals surface area contributed by atoms with Crippen molar-refractivity contribution < 1.29 is 23.4 Å². The second kappa shape index (κ2) is 6.91. The van der Waals surface area contributed by atoms with E-state index in [-0.39, 0.29) is 22.7 Å². The fraction of sp³-hybridized carbons (Fsp3) is 0.467. The monoisotopic (exact) mass is 316 g/mol. The van der Waals surface area contributed by atoms with Crippen LogP contribution in [0.1, 0.15) is 43.9 Å². The largest absolute Gasteiger partial charge is 0.507 e. The molecule has 0 aliphatic heterocycles. The maximum absolute atomic E-state index is 12.8. The Balaban J connectivity index is 3.69. The summed E-state index contributed by atoms with van der Waals surface area (Å²) in [7, 11) is 0. The van der Waals surface area contributed by atoms with Crippen molar-refractivity contribution in [2.24, 2.45) is 11.0 Å². The second-order valence-corrected chi connectivity index (χ2v) is 5.18. The Kier molecular flexibility index (Phi) is 5.71. The fourth-order valence-corrected chi connectivity index (χ4v) is 2.38. The molecule has 0 bridgehead atoms. The van der Waals surface area contributed by atoms with E-state index >= 15 is 0 Å². The summed E-state index contributed by atoms with van der Waals surface area (Å²) in [6.07, 6.45) is -4.10. The maximum Gasteiger partial charge on any atom is 0.416 e. The van der Waals surface area contributed by atoms with E-state index in [2.05, 4.69) is 5.11 Å². The lowest BCUT2D eigenvalue weighted by molar-refractivity contribution is -0.137. The second-order valence-electron chi connectivity index (χ2n) is 5.18. The Morgan fingerprint density at radius 1 is 1.32 bits per heavy atom. The zero-order valence-corrected chi connectivity index (χ0v) is 12.6. The van der Waals surface area contributed by atoms with Crippen LogP contribution in [0.15, 0.2) is 22.8 Å². The minimum Gasteiger partial charge on any atom is -0.507 e. The smallest absolute Gasteiger partial charge is 0.416 e. The molecule has 0 saturated heterocycles. The molecular formula is C15H19F3N2O2. The van der Waals surface area contributed by atoms with Crippen LogP contribution in [-0.2, 0) is 12.8 Å². The van der Waals surface area contributed by atoms with Crippen LogP contribution >= 0.6 is 0 Å². The number of nitrogens with one attached hydrogen (secondary N) is 1. The summed E-state index contributed by atoms with van der Waals surface area (Å²) < 4.78 is 38.4. The number of rotatable bonds is 5. The number of alkyl halides is 3. The van der Waals surface area contributed by atoms with Gasteiger partial charge in [-0.25, -0.2) is 5.53 Å². The Morgan fingerprint density at radius 2 is 1.91 bits per heavy atom. The molecule has 0 amide bonds. The summed E-state index contributed by atoms with van der Waals surface area (Å²) in [5.41, 5.74) is 6.97. The van der Waals surface area contributed by atoms with Gasteiger partial charge in [0.05, 0.1) is 17.9 Å². The van der Waals surface area contributed by atoms with Crippen LogP contribution in [0, 0.1) is 11.4 Å². The Labute approximate surface area is 126 Å². The summed E-state index contributed by atoms with van der Waals surface area (Å²) in [5.74, 6) is -0.640. The van der Waals surface area contributed by atoms with Crippen molar-refractivity contribution >= 4 is 5.70 Å². The molecular weight excluding hydrogens is 297 g/mol. The molecule has 4 nitrogen and oxygen atoms in total. The lowest BCUT2D eigenvalue weighted by Gasteiger charge is -2.18. The number of aromatic hydroxyl groups is 1. The van der Waals surface area contributed by atoms with E-state index < -0.39 is 24.1 Å². The van der Waals surface area contributed by atoms with Crippen LogP contribution in [0.4, 0.5) is 13.2 Å². The molecule has 1 aromatic rings. The van der Waals surface area contributed by atoms with Gasteiger partial charge in [-0.2, -0.15) is 18.3 Å². The third-order valence-electron chi connectivity index (χ3n) is 3.43. The first-order chi connectivity index (χ1) is 10.2. The number of aliphatic hydroxyl groups excluding tert-OH is 1. The van der Waals surface area contributed by atoms with E-state index in [0.717, 1.165) is 11.6 Å². The third-order valence-corrected chi connectivity index (χ3v) is 3.43. The van der Waals surface area contributed by atoms with Gasteiger partial charge in [0.15, 0.2) is 0 Å². The number of benzene rings is 1. The van der Waals surface area contributed by atoms with E-state index in [9.17, 15) is 23.4 Å². The van der Waals surface area contributed by atoms with E-state index in [1.54, 1.807) is 0 Å². The van der Waals surface area contributed by atoms with Gasteiger partial charge in [0, 0.05) is 5.56 Å². The quantitative estimate of drug-likeness (QED) is 0.688. The maximum atomic E-state index is 12.8. The summed E-state index contributed by atoms with van der Waals surface area (Å²) >= 11 is 0. The summed E-state index contributed by atoms with van der Waals surface area (Å²) in [4.78, 5) is 0. The third kappa shape index (κ3) is 3.65. The van der Waals surface area contributed by atoms with Crippen molar-refractivity contribution in [1.82, 2.24) is 0 Å². The molecule has 122 valence electrons. The van der Waals surface area contributed by atoms with Crippen LogP contribution in [0.3, 0.4) is 0 Å².